The molecule has 1 aromatic carbocycles. The lowest BCUT2D eigenvalue weighted by Gasteiger charge is -2.00. The molecule has 84 valence electrons. The Labute approximate surface area is 92.9 Å². The third-order valence-electron chi connectivity index (χ3n) is 2.36. The van der Waals surface area contributed by atoms with E-state index >= 15 is 0 Å². The number of hydrogen-bond acceptors (Lipinski definition) is 3. The van der Waals surface area contributed by atoms with E-state index in [0.29, 0.717) is 18.8 Å². The molecule has 0 fully saturated rings. The van der Waals surface area contributed by atoms with Crippen LogP contribution in [0, 0.1) is 5.82 Å². The fraction of sp³-hybridized carbons (Fsp3) is 0.273. The van der Waals surface area contributed by atoms with Gasteiger partial charge in [-0.2, -0.15) is 5.10 Å². The van der Waals surface area contributed by atoms with Crippen molar-refractivity contribution in [2.75, 3.05) is 0 Å². The number of nitrogens with zero attached hydrogens (tertiary/aromatic N) is 3. The van der Waals surface area contributed by atoms with Crippen molar-refractivity contribution >= 4 is 0 Å². The Hall–Kier alpha value is -1.75. The number of rotatable bonds is 3. The van der Waals surface area contributed by atoms with Gasteiger partial charge in [-0.05, 0) is 17.7 Å². The van der Waals surface area contributed by atoms with Crippen LogP contribution in [0.5, 0.6) is 0 Å². The smallest absolute Gasteiger partial charge is 0.164 e. The van der Waals surface area contributed by atoms with Crippen LogP contribution in [0.2, 0.25) is 0 Å². The van der Waals surface area contributed by atoms with Gasteiger partial charge in [0.25, 0.3) is 0 Å². The third-order valence-corrected chi connectivity index (χ3v) is 2.36. The molecule has 0 saturated heterocycles. The fourth-order valence-corrected chi connectivity index (χ4v) is 1.50. The molecule has 0 aliphatic rings. The van der Waals surface area contributed by atoms with Crippen LogP contribution in [0.25, 0.3) is 0 Å². The van der Waals surface area contributed by atoms with E-state index in [1.54, 1.807) is 16.8 Å². The standard InChI is InChI=1S/C11H13FN4/c1-16-11(14-10(7-13)15-16)6-8-2-4-9(12)5-3-8/h2-5H,6-7,13H2,1H3. The summed E-state index contributed by atoms with van der Waals surface area (Å²) in [5.74, 6) is 1.22. The van der Waals surface area contributed by atoms with E-state index in [1.807, 2.05) is 7.05 Å². The molecule has 0 aliphatic carbocycles. The summed E-state index contributed by atoms with van der Waals surface area (Å²) in [7, 11) is 1.82. The lowest BCUT2D eigenvalue weighted by molar-refractivity contribution is 0.627. The van der Waals surface area contributed by atoms with Gasteiger partial charge in [-0.1, -0.05) is 12.1 Å². The number of aryl methyl sites for hydroxylation is 1. The van der Waals surface area contributed by atoms with Gasteiger partial charge in [0.1, 0.15) is 11.6 Å². The van der Waals surface area contributed by atoms with Crippen molar-refractivity contribution in [2.24, 2.45) is 12.8 Å². The number of halogens is 1. The molecule has 2 N–H and O–H groups in total. The summed E-state index contributed by atoms with van der Waals surface area (Å²) in [6.07, 6.45) is 0.629. The summed E-state index contributed by atoms with van der Waals surface area (Å²) in [6.45, 7) is 0.331. The first-order valence-electron chi connectivity index (χ1n) is 5.02. The first kappa shape index (κ1) is 10.8. The molecule has 1 aromatic heterocycles. The molecule has 0 saturated carbocycles. The van der Waals surface area contributed by atoms with E-state index in [-0.39, 0.29) is 5.82 Å². The molecule has 1 heterocycles. The Balaban J connectivity index is 2.19. The van der Waals surface area contributed by atoms with E-state index in [1.165, 1.54) is 12.1 Å². The predicted molar refractivity (Wildman–Crippen MR) is 58.1 cm³/mol. The Morgan fingerprint density at radius 3 is 2.56 bits per heavy atom. The van der Waals surface area contributed by atoms with Crippen LogP contribution in [-0.4, -0.2) is 14.8 Å². The second kappa shape index (κ2) is 4.40. The van der Waals surface area contributed by atoms with Gasteiger partial charge in [0.2, 0.25) is 0 Å². The Kier molecular flexibility index (Phi) is 2.96. The zero-order chi connectivity index (χ0) is 11.5. The van der Waals surface area contributed by atoms with Crippen LogP contribution < -0.4 is 5.73 Å². The van der Waals surface area contributed by atoms with Crippen LogP contribution in [0.3, 0.4) is 0 Å². The van der Waals surface area contributed by atoms with Crippen molar-refractivity contribution < 1.29 is 4.39 Å². The largest absolute Gasteiger partial charge is 0.324 e. The number of aromatic nitrogens is 3. The second-order valence-electron chi connectivity index (χ2n) is 3.58. The molecule has 0 radical (unpaired) electrons. The summed E-state index contributed by atoms with van der Waals surface area (Å²) in [5, 5.41) is 4.15. The van der Waals surface area contributed by atoms with Gasteiger partial charge in [0, 0.05) is 13.5 Å². The molecule has 16 heavy (non-hydrogen) atoms. The highest BCUT2D eigenvalue weighted by atomic mass is 19.1. The predicted octanol–water partition coefficient (Wildman–Crippen LogP) is 1.00. The average molecular weight is 220 g/mol. The highest BCUT2D eigenvalue weighted by Crippen LogP contribution is 2.08. The summed E-state index contributed by atoms with van der Waals surface area (Å²) >= 11 is 0. The van der Waals surface area contributed by atoms with Crippen molar-refractivity contribution in [3.8, 4) is 0 Å². The molecule has 0 spiro atoms. The van der Waals surface area contributed by atoms with Crippen molar-refractivity contribution in [1.29, 1.82) is 0 Å². The molecule has 0 bridgehead atoms. The lowest BCUT2D eigenvalue weighted by atomic mass is 10.1. The van der Waals surface area contributed by atoms with Gasteiger partial charge < -0.3 is 5.73 Å². The van der Waals surface area contributed by atoms with E-state index in [0.717, 1.165) is 11.4 Å². The van der Waals surface area contributed by atoms with E-state index in [4.69, 9.17) is 5.73 Å². The monoisotopic (exact) mass is 220 g/mol. The zero-order valence-corrected chi connectivity index (χ0v) is 9.02. The topological polar surface area (TPSA) is 56.7 Å². The van der Waals surface area contributed by atoms with Crippen LogP contribution >= 0.6 is 0 Å². The third kappa shape index (κ3) is 2.25. The number of nitrogens with two attached hydrogens (primary N) is 1. The minimum Gasteiger partial charge on any atom is -0.324 e. The highest BCUT2D eigenvalue weighted by molar-refractivity contribution is 5.19. The minimum atomic E-state index is -0.232. The Bertz CT molecular complexity index is 475. The molecule has 5 heteroatoms. The SMILES string of the molecule is Cn1nc(CN)nc1Cc1ccc(F)cc1. The first-order chi connectivity index (χ1) is 7.69. The average Bonchev–Trinajstić information content (AvgIpc) is 2.63. The van der Waals surface area contributed by atoms with Crippen LogP contribution in [-0.2, 0) is 20.0 Å². The molecule has 2 rings (SSSR count). The van der Waals surface area contributed by atoms with Crippen LogP contribution in [0.4, 0.5) is 4.39 Å². The van der Waals surface area contributed by atoms with E-state index in [2.05, 4.69) is 10.1 Å². The molecule has 2 aromatic rings. The normalized spacial score (nSPS) is 10.7. The van der Waals surface area contributed by atoms with Crippen LogP contribution in [0.1, 0.15) is 17.2 Å². The summed E-state index contributed by atoms with van der Waals surface area (Å²) in [4.78, 5) is 4.28. The summed E-state index contributed by atoms with van der Waals surface area (Å²) < 4.78 is 14.4. The highest BCUT2D eigenvalue weighted by Gasteiger charge is 2.06. The van der Waals surface area contributed by atoms with E-state index in [9.17, 15) is 4.39 Å². The van der Waals surface area contributed by atoms with Gasteiger partial charge in [-0.3, -0.25) is 4.68 Å². The number of benzene rings is 1. The number of hydrogen-bond donors (Lipinski definition) is 1. The maximum Gasteiger partial charge on any atom is 0.164 e. The molecule has 0 amide bonds. The molecule has 0 atom stereocenters. The minimum absolute atomic E-state index is 0.232. The van der Waals surface area contributed by atoms with E-state index < -0.39 is 0 Å². The van der Waals surface area contributed by atoms with Crippen molar-refractivity contribution in [3.63, 3.8) is 0 Å². The zero-order valence-electron chi connectivity index (χ0n) is 9.02. The summed E-state index contributed by atoms with van der Waals surface area (Å²) in [5.41, 5.74) is 6.46. The molecular formula is C11H13FN4. The second-order valence-corrected chi connectivity index (χ2v) is 3.58. The van der Waals surface area contributed by atoms with Crippen molar-refractivity contribution in [1.82, 2.24) is 14.8 Å². The molecule has 0 aliphatic heterocycles. The van der Waals surface area contributed by atoms with Gasteiger partial charge in [0.05, 0.1) is 6.54 Å². The van der Waals surface area contributed by atoms with Gasteiger partial charge >= 0.3 is 0 Å². The fourth-order valence-electron chi connectivity index (χ4n) is 1.50. The first-order valence-corrected chi connectivity index (χ1v) is 5.02. The summed E-state index contributed by atoms with van der Waals surface area (Å²) in [6, 6.07) is 6.36. The molecule has 0 unspecified atom stereocenters. The van der Waals surface area contributed by atoms with Gasteiger partial charge in [0.15, 0.2) is 5.82 Å². The Morgan fingerprint density at radius 1 is 1.31 bits per heavy atom. The van der Waals surface area contributed by atoms with Crippen molar-refractivity contribution in [2.45, 2.75) is 13.0 Å². The van der Waals surface area contributed by atoms with Crippen molar-refractivity contribution in [3.05, 3.63) is 47.3 Å². The van der Waals surface area contributed by atoms with Gasteiger partial charge in [-0.25, -0.2) is 9.37 Å². The Morgan fingerprint density at radius 2 is 2.00 bits per heavy atom. The molecule has 4 nitrogen and oxygen atoms in total. The molecular weight excluding hydrogens is 207 g/mol. The maximum atomic E-state index is 12.7. The quantitative estimate of drug-likeness (QED) is 0.839. The lowest BCUT2D eigenvalue weighted by Crippen LogP contribution is -2.00. The maximum absolute atomic E-state index is 12.7. The van der Waals surface area contributed by atoms with Gasteiger partial charge in [-0.15, -0.1) is 0 Å². The van der Waals surface area contributed by atoms with Crippen LogP contribution in [0.15, 0.2) is 24.3 Å².